The fourth-order valence-corrected chi connectivity index (χ4v) is 4.22. The Kier molecular flexibility index (Phi) is 5.30. The van der Waals surface area contributed by atoms with Crippen molar-refractivity contribution in [2.75, 3.05) is 7.11 Å². The summed E-state index contributed by atoms with van der Waals surface area (Å²) in [6, 6.07) is 11.8. The topological polar surface area (TPSA) is 78.0 Å². The molecule has 4 aromatic rings. The van der Waals surface area contributed by atoms with E-state index >= 15 is 0 Å². The van der Waals surface area contributed by atoms with E-state index in [2.05, 4.69) is 15.1 Å². The van der Waals surface area contributed by atoms with Gasteiger partial charge in [0.15, 0.2) is 11.6 Å². The highest BCUT2D eigenvalue weighted by Gasteiger charge is 2.39. The molecule has 2 aromatic carbocycles. The van der Waals surface area contributed by atoms with Gasteiger partial charge in [-0.3, -0.25) is 0 Å². The van der Waals surface area contributed by atoms with Gasteiger partial charge in [-0.15, -0.1) is 0 Å². The molecule has 8 heteroatoms. The minimum absolute atomic E-state index is 0.340. The Hall–Kier alpha value is -3.78. The largest absolute Gasteiger partial charge is 0.495 e. The number of benzene rings is 2. The highest BCUT2D eigenvalue weighted by molar-refractivity contribution is 5.69. The maximum atomic E-state index is 13.4. The number of methoxy groups -OCH3 is 1. The van der Waals surface area contributed by atoms with Crippen molar-refractivity contribution in [2.45, 2.75) is 31.9 Å². The molecule has 1 atom stereocenters. The van der Waals surface area contributed by atoms with Gasteiger partial charge >= 0.3 is 0 Å². The number of rotatable bonds is 5. The van der Waals surface area contributed by atoms with Crippen LogP contribution in [-0.2, 0) is 12.1 Å². The summed E-state index contributed by atoms with van der Waals surface area (Å²) in [5.74, 6) is 1.36. The van der Waals surface area contributed by atoms with Gasteiger partial charge < -0.3 is 14.4 Å². The molecule has 33 heavy (non-hydrogen) atoms. The van der Waals surface area contributed by atoms with Gasteiger partial charge in [0, 0.05) is 12.7 Å². The first-order valence-electron chi connectivity index (χ1n) is 10.8. The number of nitrogens with zero attached hydrogens (tertiary/aromatic N) is 5. The van der Waals surface area contributed by atoms with Crippen LogP contribution in [-0.4, -0.2) is 36.5 Å². The van der Waals surface area contributed by atoms with Crippen LogP contribution < -0.4 is 4.74 Å². The van der Waals surface area contributed by atoms with E-state index in [1.807, 2.05) is 48.0 Å². The number of aliphatic hydroxyl groups is 1. The summed E-state index contributed by atoms with van der Waals surface area (Å²) < 4.78 is 22.6. The maximum absolute atomic E-state index is 13.4. The monoisotopic (exact) mass is 445 g/mol. The van der Waals surface area contributed by atoms with E-state index in [4.69, 9.17) is 4.74 Å². The number of aromatic nitrogens is 5. The van der Waals surface area contributed by atoms with Crippen LogP contribution in [0.5, 0.6) is 5.75 Å². The zero-order valence-corrected chi connectivity index (χ0v) is 18.4. The first-order valence-corrected chi connectivity index (χ1v) is 10.8. The molecule has 5 rings (SSSR count). The van der Waals surface area contributed by atoms with Gasteiger partial charge in [0.2, 0.25) is 0 Å². The standard InChI is InChI=1S/C25H24FN5O2/c1-17-15-30(16-27-17)21-10-4-18(14-22(21)33-2)5-11-23-28-24-25(32,12-3-13-31(24)29-23)19-6-8-20(26)9-7-19/h4-11,14-16,32H,3,12-13H2,1-2H3/t25-/m1/s1. The number of aryl methyl sites for hydroxylation is 2. The summed E-state index contributed by atoms with van der Waals surface area (Å²) in [6.45, 7) is 2.61. The van der Waals surface area contributed by atoms with Crippen molar-refractivity contribution >= 4 is 12.2 Å². The van der Waals surface area contributed by atoms with Gasteiger partial charge in [0.25, 0.3) is 0 Å². The van der Waals surface area contributed by atoms with Crippen molar-refractivity contribution in [3.05, 3.63) is 89.3 Å². The Balaban J connectivity index is 1.43. The van der Waals surface area contributed by atoms with Gasteiger partial charge in [-0.05, 0) is 61.2 Å². The van der Waals surface area contributed by atoms with Crippen molar-refractivity contribution in [1.29, 1.82) is 0 Å². The first kappa shape index (κ1) is 21.1. The molecule has 0 unspecified atom stereocenters. The van der Waals surface area contributed by atoms with Gasteiger partial charge in [0.1, 0.15) is 17.2 Å². The summed E-state index contributed by atoms with van der Waals surface area (Å²) in [7, 11) is 1.64. The summed E-state index contributed by atoms with van der Waals surface area (Å²) in [4.78, 5) is 8.88. The van der Waals surface area contributed by atoms with Crippen molar-refractivity contribution in [3.63, 3.8) is 0 Å². The second-order valence-corrected chi connectivity index (χ2v) is 8.17. The lowest BCUT2D eigenvalue weighted by molar-refractivity contribution is 0.0394. The number of hydrogen-bond donors (Lipinski definition) is 1. The molecular weight excluding hydrogens is 421 g/mol. The Bertz CT molecular complexity index is 1330. The minimum atomic E-state index is -1.29. The van der Waals surface area contributed by atoms with E-state index in [9.17, 15) is 9.50 Å². The zero-order chi connectivity index (χ0) is 23.0. The quantitative estimate of drug-likeness (QED) is 0.500. The predicted molar refractivity (Wildman–Crippen MR) is 122 cm³/mol. The molecule has 1 aliphatic rings. The summed E-state index contributed by atoms with van der Waals surface area (Å²) in [5.41, 5.74) is 2.07. The average Bonchev–Trinajstić information content (AvgIpc) is 3.45. The van der Waals surface area contributed by atoms with Gasteiger partial charge in [-0.1, -0.05) is 24.3 Å². The van der Waals surface area contributed by atoms with Crippen molar-refractivity contribution in [3.8, 4) is 11.4 Å². The third kappa shape index (κ3) is 3.93. The third-order valence-corrected chi connectivity index (χ3v) is 5.91. The Morgan fingerprint density at radius 2 is 1.97 bits per heavy atom. The van der Waals surface area contributed by atoms with E-state index in [-0.39, 0.29) is 5.82 Å². The molecule has 3 heterocycles. The van der Waals surface area contributed by atoms with E-state index < -0.39 is 5.60 Å². The molecule has 0 radical (unpaired) electrons. The van der Waals surface area contributed by atoms with Gasteiger partial charge in [0.05, 0.1) is 24.8 Å². The first-order chi connectivity index (χ1) is 16.0. The average molecular weight is 445 g/mol. The number of ether oxygens (including phenoxy) is 1. The molecule has 0 spiro atoms. The van der Waals surface area contributed by atoms with Crippen molar-refractivity contribution < 1.29 is 14.2 Å². The lowest BCUT2D eigenvalue weighted by Gasteiger charge is -2.31. The lowest BCUT2D eigenvalue weighted by Crippen LogP contribution is -2.35. The number of fused-ring (bicyclic) bond motifs is 1. The van der Waals surface area contributed by atoms with Crippen LogP contribution in [0.2, 0.25) is 0 Å². The third-order valence-electron chi connectivity index (χ3n) is 5.91. The Morgan fingerprint density at radius 3 is 2.70 bits per heavy atom. The molecule has 7 nitrogen and oxygen atoms in total. The highest BCUT2D eigenvalue weighted by Crippen LogP contribution is 2.36. The normalized spacial score (nSPS) is 17.9. The van der Waals surface area contributed by atoms with Gasteiger partial charge in [-0.2, -0.15) is 5.10 Å². The second-order valence-electron chi connectivity index (χ2n) is 8.17. The smallest absolute Gasteiger partial charge is 0.174 e. The van der Waals surface area contributed by atoms with Crippen LogP contribution in [0.1, 0.15) is 41.3 Å². The molecule has 0 bridgehead atoms. The van der Waals surface area contributed by atoms with E-state index in [0.29, 0.717) is 30.2 Å². The molecule has 1 aliphatic heterocycles. The fraction of sp³-hybridized carbons (Fsp3) is 0.240. The van der Waals surface area contributed by atoms with Crippen molar-refractivity contribution in [1.82, 2.24) is 24.3 Å². The van der Waals surface area contributed by atoms with E-state index in [1.165, 1.54) is 12.1 Å². The molecule has 0 aliphatic carbocycles. The van der Waals surface area contributed by atoms with Crippen LogP contribution in [0.3, 0.4) is 0 Å². The molecular formula is C25H24FN5O2. The van der Waals surface area contributed by atoms with Crippen LogP contribution in [0.25, 0.3) is 17.8 Å². The predicted octanol–water partition coefficient (Wildman–Crippen LogP) is 4.12. The minimum Gasteiger partial charge on any atom is -0.495 e. The van der Waals surface area contributed by atoms with Crippen LogP contribution in [0.15, 0.2) is 55.0 Å². The van der Waals surface area contributed by atoms with Crippen LogP contribution in [0.4, 0.5) is 4.39 Å². The second kappa shape index (κ2) is 8.29. The summed E-state index contributed by atoms with van der Waals surface area (Å²) in [5, 5.41) is 16.0. The molecule has 0 amide bonds. The SMILES string of the molecule is COc1cc(C=Cc2nc3n(n2)CCC[C@@]3(O)c2ccc(F)cc2)ccc1-n1cnc(C)c1. The number of hydrogen-bond acceptors (Lipinski definition) is 5. The van der Waals surface area contributed by atoms with Gasteiger partial charge in [-0.25, -0.2) is 19.0 Å². The highest BCUT2D eigenvalue weighted by atomic mass is 19.1. The summed E-state index contributed by atoms with van der Waals surface area (Å²) >= 11 is 0. The zero-order valence-electron chi connectivity index (χ0n) is 18.4. The maximum Gasteiger partial charge on any atom is 0.174 e. The molecule has 168 valence electrons. The Labute approximate surface area is 190 Å². The number of imidazole rings is 1. The van der Waals surface area contributed by atoms with Crippen LogP contribution >= 0.6 is 0 Å². The van der Waals surface area contributed by atoms with Crippen molar-refractivity contribution in [2.24, 2.45) is 0 Å². The fourth-order valence-electron chi connectivity index (χ4n) is 4.22. The van der Waals surface area contributed by atoms with E-state index in [1.54, 1.807) is 30.3 Å². The summed E-state index contributed by atoms with van der Waals surface area (Å²) in [6.07, 6.45) is 8.67. The number of halogens is 1. The van der Waals surface area contributed by atoms with E-state index in [0.717, 1.165) is 29.1 Å². The molecule has 1 N–H and O–H groups in total. The molecule has 0 fully saturated rings. The van der Waals surface area contributed by atoms with Crippen LogP contribution in [0, 0.1) is 12.7 Å². The molecule has 0 saturated heterocycles. The lowest BCUT2D eigenvalue weighted by atomic mass is 9.86. The molecule has 0 saturated carbocycles. The molecule has 2 aromatic heterocycles. The Morgan fingerprint density at radius 1 is 1.15 bits per heavy atom.